The first-order chi connectivity index (χ1) is 60.6. The minimum atomic E-state index is -3.67. The van der Waals surface area contributed by atoms with Crippen molar-refractivity contribution in [2.45, 2.75) is 432 Å². The Bertz CT molecular complexity index is 3790. The molecule has 13 rings (SSSR count). The van der Waals surface area contributed by atoms with Crippen LogP contribution in [0.1, 0.15) is 362 Å². The summed E-state index contributed by atoms with van der Waals surface area (Å²) in [4.78, 5) is 2.55. The molecule has 0 aromatic heterocycles. The molecule has 5 aromatic rings. The molecule has 5 nitrogen and oxygen atoms in total. The molecule has 0 atom stereocenters. The van der Waals surface area contributed by atoms with E-state index < -0.39 is 51.1 Å². The van der Waals surface area contributed by atoms with Crippen LogP contribution in [0.15, 0.2) is 121 Å². The van der Waals surface area contributed by atoms with Gasteiger partial charge in [0, 0.05) is 69.4 Å². The molecule has 737 valence electrons. The molecule has 1 saturated heterocycles. The van der Waals surface area contributed by atoms with Gasteiger partial charge in [-0.2, -0.15) is 4.58 Å². The number of rotatable bonds is 21. The zero-order valence-corrected chi connectivity index (χ0v) is 96.8. The summed E-state index contributed by atoms with van der Waals surface area (Å²) in [7, 11) is 20.6. The van der Waals surface area contributed by atoms with Gasteiger partial charge in [-0.3, -0.25) is 12.9 Å². The molecular formula is C107H174BCl5CuF4LiN3O2P2Ru2Si2+4. The van der Waals surface area contributed by atoms with E-state index in [-0.39, 0.29) is 73.5 Å². The second kappa shape index (κ2) is 66.1. The van der Waals surface area contributed by atoms with Crippen LogP contribution in [0.4, 0.5) is 24.3 Å². The first kappa shape index (κ1) is 125. The normalized spacial score (nSPS) is 18.9. The molecule has 2 heterocycles. The number of benzene rings is 5. The van der Waals surface area contributed by atoms with Crippen molar-refractivity contribution in [2.75, 3.05) is 4.90 Å². The van der Waals surface area contributed by atoms with Gasteiger partial charge in [0.25, 0.3) is 0 Å². The topological polar surface area (TPSA) is 38.8 Å². The average molecular weight is 2190 g/mol. The minimum Gasteiger partial charge on any atom is -1.00 e. The quantitative estimate of drug-likeness (QED) is 0.0242. The number of nitrogens with zero attached hydrogens (tertiary/aromatic N) is 3. The van der Waals surface area contributed by atoms with Crippen molar-refractivity contribution in [1.29, 1.82) is 0 Å². The molecule has 8 aliphatic rings. The van der Waals surface area contributed by atoms with Crippen LogP contribution >= 0.6 is 64.7 Å². The largest absolute Gasteiger partial charge is 1.00 e. The summed E-state index contributed by atoms with van der Waals surface area (Å²) in [6.45, 7) is 57.0. The van der Waals surface area contributed by atoms with Gasteiger partial charge in [-0.25, -0.2) is 6.54 Å². The van der Waals surface area contributed by atoms with Crippen LogP contribution in [0.25, 0.3) is 10.7 Å². The van der Waals surface area contributed by atoms with Gasteiger partial charge in [0.1, 0.15) is 5.75 Å². The van der Waals surface area contributed by atoms with Crippen LogP contribution < -0.4 is 37.9 Å². The maximum Gasteiger partial charge on any atom is 1.00 e. The second-order valence-corrected chi connectivity index (χ2v) is 67.6. The van der Waals surface area contributed by atoms with Crippen molar-refractivity contribution >= 4 is 122 Å². The van der Waals surface area contributed by atoms with Crippen molar-refractivity contribution in [3.05, 3.63) is 185 Å². The van der Waals surface area contributed by atoms with Gasteiger partial charge in [-0.15, -0.1) is 5.41 Å². The van der Waals surface area contributed by atoms with Crippen molar-refractivity contribution in [3.63, 3.8) is 0 Å². The number of hydrogen-bond donors (Lipinski definition) is 0. The molecule has 0 unspecified atom stereocenters. The van der Waals surface area contributed by atoms with E-state index in [0.717, 1.165) is 53.9 Å². The third-order valence-corrected chi connectivity index (χ3v) is 43.3. The van der Waals surface area contributed by atoms with E-state index in [1.54, 1.807) is 193 Å². The third-order valence-electron chi connectivity index (χ3n) is 25.6. The molecule has 0 bridgehead atoms. The smallest absolute Gasteiger partial charge is 1.00 e. The summed E-state index contributed by atoms with van der Waals surface area (Å²) in [5, 5.41) is 0. The Morgan fingerprint density at radius 1 is 0.492 bits per heavy atom. The molecule has 2 aliphatic heterocycles. The molecule has 0 N–H and O–H groups in total. The van der Waals surface area contributed by atoms with Gasteiger partial charge in [-0.1, -0.05) is 167 Å². The Kier molecular flexibility index (Phi) is 63.7. The van der Waals surface area contributed by atoms with E-state index in [4.69, 9.17) is 48.2 Å². The van der Waals surface area contributed by atoms with Crippen LogP contribution in [0.5, 0.6) is 11.5 Å². The first-order valence-electron chi connectivity index (χ1n) is 49.2. The number of halogens is 9. The summed E-state index contributed by atoms with van der Waals surface area (Å²) < 4.78 is 51.2. The van der Waals surface area contributed by atoms with Crippen molar-refractivity contribution in [2.24, 2.45) is 10.8 Å². The molecule has 130 heavy (non-hydrogen) atoms. The Balaban J connectivity index is 0.000000503. The summed E-state index contributed by atoms with van der Waals surface area (Å²) in [5.74, 6) is 1.80. The number of aryl methyl sites for hydroxylation is 4. The van der Waals surface area contributed by atoms with Gasteiger partial charge in [-0.05, 0) is 271 Å². The zero-order chi connectivity index (χ0) is 95.3. The van der Waals surface area contributed by atoms with E-state index >= 15 is 0 Å². The summed E-state index contributed by atoms with van der Waals surface area (Å²) in [6.07, 6.45) is 61.3. The second-order valence-electron chi connectivity index (χ2n) is 41.1. The molecule has 0 amide bonds. The van der Waals surface area contributed by atoms with Crippen molar-refractivity contribution in [3.8, 4) is 11.5 Å². The van der Waals surface area contributed by atoms with Gasteiger partial charge in [0.05, 0.1) is 40.1 Å². The maximum atomic E-state index is 9.67. The molecule has 0 spiro atoms. The van der Waals surface area contributed by atoms with E-state index in [1.165, 1.54) is 80.4 Å². The monoisotopic (exact) mass is 2190 g/mol. The third kappa shape index (κ3) is 48.6. The molecule has 6 aliphatic carbocycles. The predicted molar refractivity (Wildman–Crippen MR) is 569 cm³/mol. The van der Waals surface area contributed by atoms with Crippen LogP contribution in [0.2, 0.25) is 26.2 Å². The van der Waals surface area contributed by atoms with Crippen molar-refractivity contribution in [1.82, 2.24) is 0 Å². The fourth-order valence-electron chi connectivity index (χ4n) is 21.5. The van der Waals surface area contributed by atoms with Crippen LogP contribution in [0.3, 0.4) is 0 Å². The molecule has 0 radical (unpaired) electrons. The van der Waals surface area contributed by atoms with Gasteiger partial charge in [0.15, 0.2) is 28.2 Å². The van der Waals surface area contributed by atoms with E-state index in [0.29, 0.717) is 0 Å². The minimum absolute atomic E-state index is 0. The fraction of sp³-hybridized carbons (Fsp3) is 0.645. The Hall–Kier alpha value is -0.758. The van der Waals surface area contributed by atoms with Crippen LogP contribution in [-0.4, -0.2) is 101 Å². The Morgan fingerprint density at radius 3 is 1.07 bits per heavy atom. The predicted octanol–water partition coefficient (Wildman–Crippen LogP) is 30.0. The molecule has 7 fully saturated rings. The number of para-hydroxylation sites is 4. The van der Waals surface area contributed by atoms with Crippen LogP contribution in [-0.2, 0) is 67.8 Å². The number of hydrogen-bond acceptors (Lipinski definition) is 3. The summed E-state index contributed by atoms with van der Waals surface area (Å²) >= 11 is 0.275. The van der Waals surface area contributed by atoms with Crippen LogP contribution in [0, 0.1) is 30.5 Å². The van der Waals surface area contributed by atoms with E-state index in [1.807, 2.05) is 123 Å². The number of ether oxygens (including phenoxy) is 2. The summed E-state index contributed by atoms with van der Waals surface area (Å²) in [5.41, 5.74) is 20.4. The SMILES string of the molecule is C/C=C/c1ccccc1OC(C)C.C1CCC([PH+](C2CCCCC2)C2CCCCC2)CC1.C1CCC([PH+](C2CCCCC2)C2CCCCC2)CC1.CC(C)Oc1ccccc1[CH]=[Ru]([Cl])[Cl].CCc1cccc(CC)c1N1[CH-]C(C)(C)CC1(C)C.CCc1cccc(CC)c1[N+]1=CC(C)(C)CC1(C)C.FB(F)F.[CH2+][Si](C)(C)[N-][Si]([CH2+])(C)C.[Cl][Cu+].[Cl][Ru]([Cl])=[CH]c1ccccc1.[F-].[Li+]. The average Bonchev–Trinajstić information content (AvgIpc) is 1.61. The molecule has 5 aromatic carbocycles. The number of anilines is 1. The Morgan fingerprint density at radius 2 is 0.800 bits per heavy atom. The maximum absolute atomic E-state index is 9.67. The number of allylic oxidation sites excluding steroid dienone is 1. The summed E-state index contributed by atoms with van der Waals surface area (Å²) in [6, 6.07) is 39.3. The Labute approximate surface area is 850 Å². The molecule has 6 saturated carbocycles. The standard InChI is InChI=1S/2C18H28N.2C18H33P.C12H16O.C10H12O.C7H6.C6H16NSi2.BF3.5ClH.Cu.FH.Li.2Ru/c2*1-7-14-10-9-11-15(8-2)16(14)19-13-17(3,4)12-18(19,5)6;2*1-4-10-16(11-5-1)19(17-12-6-2-7-13-17)18-14-8-3-9-15-18;1-4-7-11-8-5-6-9-12(11)13-10(2)3;1-8(2)11-10-7-5-4-6-9(10)3;1-7-5-3-2-4-6-7;1-8(2,3)7-9(4,5)6;2-1(3)4;;;;;;;;;;/h2*9-11,13H,7-8,12H2,1-6H3;2*16-18H,1-15H2;4-10H,1-3H3;3-8H,1-2H3;1-6H;1,4H2,2-3,5-6H3;;5*1H;;1H;;;/q-1;+1;;;;;;+1;;;;;;;+2;;+1;2*+2/p-4/b;;;;7-4+;;;;;;;;;;;;;;. The van der Waals surface area contributed by atoms with Gasteiger partial charge >= 0.3 is 223 Å². The van der Waals surface area contributed by atoms with Crippen molar-refractivity contribution < 1.29 is 92.7 Å². The first-order valence-corrected chi connectivity index (χ1v) is 71.2. The zero-order valence-electron chi connectivity index (χ0n) is 84.6. The van der Waals surface area contributed by atoms with E-state index in [2.05, 4.69) is 223 Å². The van der Waals surface area contributed by atoms with Gasteiger partial charge < -0.3 is 19.0 Å². The van der Waals surface area contributed by atoms with E-state index in [9.17, 15) is 12.9 Å². The molecular weight excluding hydrogens is 2010 g/mol. The molecule has 23 heteroatoms. The fourth-order valence-corrected chi connectivity index (χ4v) is 42.2. The van der Waals surface area contributed by atoms with Gasteiger partial charge in [0.2, 0.25) is 5.69 Å².